The van der Waals surface area contributed by atoms with Crippen molar-refractivity contribution in [2.45, 2.75) is 20.8 Å². The summed E-state index contributed by atoms with van der Waals surface area (Å²) in [4.78, 5) is 15.6. The van der Waals surface area contributed by atoms with E-state index in [0.29, 0.717) is 0 Å². The van der Waals surface area contributed by atoms with Crippen LogP contribution in [-0.4, -0.2) is 31.1 Å². The molecular weight excluding hydrogens is 200 g/mol. The largest absolute Gasteiger partial charge is 0.325 e. The Balaban J connectivity index is 2.90. The molecule has 0 aliphatic heterocycles. The van der Waals surface area contributed by atoms with Crippen molar-refractivity contribution in [2.75, 3.05) is 25.0 Å². The van der Waals surface area contributed by atoms with Gasteiger partial charge in [-0.2, -0.15) is 0 Å². The number of carbonyl (C=O) groups is 1. The molecule has 0 aliphatic carbocycles. The van der Waals surface area contributed by atoms with E-state index in [4.69, 9.17) is 0 Å². The third-order valence-corrected chi connectivity index (χ3v) is 2.80. The molecule has 0 fully saturated rings. The number of urea groups is 1. The highest BCUT2D eigenvalue weighted by Crippen LogP contribution is 2.18. The van der Waals surface area contributed by atoms with E-state index in [0.717, 1.165) is 24.3 Å². The Morgan fingerprint density at radius 2 is 1.75 bits per heavy atom. The van der Waals surface area contributed by atoms with Gasteiger partial charge in [-0.15, -0.1) is 0 Å². The van der Waals surface area contributed by atoms with Gasteiger partial charge >= 0.3 is 6.03 Å². The molecule has 88 valence electrons. The van der Waals surface area contributed by atoms with Crippen LogP contribution in [0.15, 0.2) is 24.3 Å². The molecule has 0 saturated carbocycles. The summed E-state index contributed by atoms with van der Waals surface area (Å²) in [5.41, 5.74) is 2.09. The topological polar surface area (TPSA) is 23.6 Å². The molecule has 1 aromatic rings. The van der Waals surface area contributed by atoms with Gasteiger partial charge in [-0.25, -0.2) is 4.79 Å². The summed E-state index contributed by atoms with van der Waals surface area (Å²) in [6, 6.07) is 7.97. The van der Waals surface area contributed by atoms with Gasteiger partial charge in [0.05, 0.1) is 0 Å². The summed E-state index contributed by atoms with van der Waals surface area (Å²) in [5, 5.41) is 0. The number of hydrogen-bond acceptors (Lipinski definition) is 1. The molecule has 0 atom stereocenters. The minimum absolute atomic E-state index is 0.0549. The highest BCUT2D eigenvalue weighted by atomic mass is 16.2. The molecule has 0 aromatic heterocycles. The van der Waals surface area contributed by atoms with E-state index in [1.165, 1.54) is 0 Å². The van der Waals surface area contributed by atoms with E-state index < -0.39 is 0 Å². The minimum atomic E-state index is 0.0549. The Labute approximate surface area is 97.7 Å². The van der Waals surface area contributed by atoms with E-state index in [9.17, 15) is 4.79 Å². The van der Waals surface area contributed by atoms with Crippen molar-refractivity contribution < 1.29 is 4.79 Å². The predicted octanol–water partition coefficient (Wildman–Crippen LogP) is 2.89. The number of benzene rings is 1. The van der Waals surface area contributed by atoms with Crippen molar-refractivity contribution in [3.05, 3.63) is 29.8 Å². The van der Waals surface area contributed by atoms with Crippen molar-refractivity contribution in [1.82, 2.24) is 4.90 Å². The van der Waals surface area contributed by atoms with Crippen LogP contribution in [-0.2, 0) is 0 Å². The first-order valence-electron chi connectivity index (χ1n) is 5.70. The Morgan fingerprint density at radius 3 is 2.25 bits per heavy atom. The normalized spacial score (nSPS) is 10.0. The van der Waals surface area contributed by atoms with Crippen LogP contribution in [0, 0.1) is 6.92 Å². The van der Waals surface area contributed by atoms with Crippen molar-refractivity contribution >= 4 is 11.7 Å². The van der Waals surface area contributed by atoms with Crippen molar-refractivity contribution in [3.63, 3.8) is 0 Å². The first-order chi connectivity index (χ1) is 7.61. The number of rotatable bonds is 3. The number of nitrogens with zero attached hydrogens (tertiary/aromatic N) is 2. The van der Waals surface area contributed by atoms with Crippen LogP contribution >= 0.6 is 0 Å². The van der Waals surface area contributed by atoms with Crippen LogP contribution in [0.2, 0.25) is 0 Å². The van der Waals surface area contributed by atoms with Gasteiger partial charge in [0, 0.05) is 25.8 Å². The van der Waals surface area contributed by atoms with Gasteiger partial charge in [-0.05, 0) is 32.4 Å². The fraction of sp³-hybridized carbons (Fsp3) is 0.462. The van der Waals surface area contributed by atoms with Gasteiger partial charge in [-0.1, -0.05) is 18.2 Å². The van der Waals surface area contributed by atoms with Gasteiger partial charge in [0.15, 0.2) is 0 Å². The molecule has 0 radical (unpaired) electrons. The highest BCUT2D eigenvalue weighted by Gasteiger charge is 2.17. The van der Waals surface area contributed by atoms with Crippen molar-refractivity contribution in [2.24, 2.45) is 0 Å². The first kappa shape index (κ1) is 12.6. The fourth-order valence-corrected chi connectivity index (χ4v) is 1.75. The van der Waals surface area contributed by atoms with E-state index in [1.54, 1.807) is 4.90 Å². The molecule has 0 heterocycles. The van der Waals surface area contributed by atoms with Crippen LogP contribution in [0.4, 0.5) is 10.5 Å². The number of hydrogen-bond donors (Lipinski definition) is 0. The summed E-state index contributed by atoms with van der Waals surface area (Å²) in [6.45, 7) is 7.48. The van der Waals surface area contributed by atoms with Crippen molar-refractivity contribution in [3.8, 4) is 0 Å². The Morgan fingerprint density at radius 1 is 1.19 bits per heavy atom. The maximum absolute atomic E-state index is 12.1. The third-order valence-electron chi connectivity index (χ3n) is 2.80. The predicted molar refractivity (Wildman–Crippen MR) is 67.9 cm³/mol. The van der Waals surface area contributed by atoms with Crippen LogP contribution in [0.5, 0.6) is 0 Å². The Bertz CT molecular complexity index is 359. The van der Waals surface area contributed by atoms with Crippen LogP contribution < -0.4 is 4.90 Å². The average molecular weight is 220 g/mol. The second kappa shape index (κ2) is 5.54. The summed E-state index contributed by atoms with van der Waals surface area (Å²) < 4.78 is 0. The maximum Gasteiger partial charge on any atom is 0.324 e. The monoisotopic (exact) mass is 220 g/mol. The maximum atomic E-state index is 12.1. The molecule has 3 nitrogen and oxygen atoms in total. The lowest BCUT2D eigenvalue weighted by atomic mass is 10.2. The van der Waals surface area contributed by atoms with Crippen molar-refractivity contribution in [1.29, 1.82) is 0 Å². The number of aryl methyl sites for hydroxylation is 1. The van der Waals surface area contributed by atoms with E-state index in [-0.39, 0.29) is 6.03 Å². The molecule has 0 unspecified atom stereocenters. The van der Waals surface area contributed by atoms with Gasteiger partial charge in [0.1, 0.15) is 0 Å². The smallest absolute Gasteiger partial charge is 0.324 e. The van der Waals surface area contributed by atoms with Gasteiger partial charge in [-0.3, -0.25) is 4.90 Å². The summed E-state index contributed by atoms with van der Waals surface area (Å²) in [7, 11) is 1.82. The molecule has 0 saturated heterocycles. The molecule has 0 bridgehead atoms. The number of amides is 2. The van der Waals surface area contributed by atoms with Crippen LogP contribution in [0.25, 0.3) is 0 Å². The molecule has 0 N–H and O–H groups in total. The second-order valence-corrected chi connectivity index (χ2v) is 3.80. The molecule has 1 rings (SSSR count). The van der Waals surface area contributed by atoms with Gasteiger partial charge < -0.3 is 4.90 Å². The van der Waals surface area contributed by atoms with Crippen LogP contribution in [0.1, 0.15) is 19.4 Å². The third kappa shape index (κ3) is 2.54. The number of carbonyl (C=O) groups excluding carboxylic acids is 1. The molecule has 0 spiro atoms. The lowest BCUT2D eigenvalue weighted by Gasteiger charge is -2.27. The zero-order chi connectivity index (χ0) is 12.1. The zero-order valence-electron chi connectivity index (χ0n) is 10.5. The molecule has 3 heteroatoms. The van der Waals surface area contributed by atoms with E-state index >= 15 is 0 Å². The zero-order valence-corrected chi connectivity index (χ0v) is 10.5. The minimum Gasteiger partial charge on any atom is -0.325 e. The molecule has 0 aliphatic rings. The van der Waals surface area contributed by atoms with Gasteiger partial charge in [0.25, 0.3) is 0 Å². The number of anilines is 1. The quantitative estimate of drug-likeness (QED) is 0.768. The Hall–Kier alpha value is -1.51. The van der Waals surface area contributed by atoms with E-state index in [2.05, 4.69) is 0 Å². The first-order valence-corrected chi connectivity index (χ1v) is 5.70. The second-order valence-electron chi connectivity index (χ2n) is 3.80. The lowest BCUT2D eigenvalue weighted by Crippen LogP contribution is -2.41. The van der Waals surface area contributed by atoms with Crippen LogP contribution in [0.3, 0.4) is 0 Å². The lowest BCUT2D eigenvalue weighted by molar-refractivity contribution is 0.211. The molecule has 1 aromatic carbocycles. The van der Waals surface area contributed by atoms with E-state index in [1.807, 2.05) is 57.0 Å². The summed E-state index contributed by atoms with van der Waals surface area (Å²) in [5.74, 6) is 0. The molecular formula is C13H20N2O. The standard InChI is InChI=1S/C13H20N2O/c1-5-15(6-2)13(16)14(4)12-10-8-7-9-11(12)3/h7-10H,5-6H2,1-4H3. The number of para-hydroxylation sites is 1. The summed E-state index contributed by atoms with van der Waals surface area (Å²) in [6.07, 6.45) is 0. The fourth-order valence-electron chi connectivity index (χ4n) is 1.75. The Kier molecular flexibility index (Phi) is 4.35. The molecule has 16 heavy (non-hydrogen) atoms. The summed E-state index contributed by atoms with van der Waals surface area (Å²) >= 11 is 0. The highest BCUT2D eigenvalue weighted by molar-refractivity contribution is 5.92. The average Bonchev–Trinajstić information content (AvgIpc) is 2.30. The SMILES string of the molecule is CCN(CC)C(=O)N(C)c1ccccc1C. The molecule has 2 amide bonds. The van der Waals surface area contributed by atoms with Gasteiger partial charge in [0.2, 0.25) is 0 Å².